The Morgan fingerprint density at radius 3 is 2.65 bits per heavy atom. The van der Waals surface area contributed by atoms with E-state index < -0.39 is 6.61 Å². The largest absolute Gasteiger partial charge is 0.435 e. The number of carbonyl (C=O) groups is 1. The average molecular weight is 284 g/mol. The van der Waals surface area contributed by atoms with Gasteiger partial charge in [0.25, 0.3) is 5.91 Å². The van der Waals surface area contributed by atoms with Crippen LogP contribution in [-0.4, -0.2) is 43.6 Å². The van der Waals surface area contributed by atoms with Crippen molar-refractivity contribution in [2.75, 3.05) is 20.1 Å². The first kappa shape index (κ1) is 14.7. The lowest BCUT2D eigenvalue weighted by Gasteiger charge is -2.31. The van der Waals surface area contributed by atoms with E-state index in [0.717, 1.165) is 25.9 Å². The summed E-state index contributed by atoms with van der Waals surface area (Å²) in [6.45, 7) is -1.08. The zero-order valence-electron chi connectivity index (χ0n) is 11.3. The summed E-state index contributed by atoms with van der Waals surface area (Å²) in [6.07, 6.45) is 2.02. The summed E-state index contributed by atoms with van der Waals surface area (Å²) in [5, 5.41) is 3.26. The van der Waals surface area contributed by atoms with E-state index >= 15 is 0 Å². The van der Waals surface area contributed by atoms with Gasteiger partial charge in [-0.3, -0.25) is 4.79 Å². The standard InChI is InChI=1S/C14H18F2N2O2/c1-18(11-3-2-8-17-9-11)13(19)10-4-6-12(7-5-10)20-14(15)16/h4-7,11,14,17H,2-3,8-9H2,1H3/t11-/m0/s1. The lowest BCUT2D eigenvalue weighted by molar-refractivity contribution is -0.0498. The van der Waals surface area contributed by atoms with Gasteiger partial charge in [0.05, 0.1) is 0 Å². The lowest BCUT2D eigenvalue weighted by atomic mass is 10.1. The summed E-state index contributed by atoms with van der Waals surface area (Å²) < 4.78 is 28.4. The van der Waals surface area contributed by atoms with Crippen molar-refractivity contribution >= 4 is 5.91 Å². The van der Waals surface area contributed by atoms with Gasteiger partial charge in [-0.15, -0.1) is 0 Å². The molecule has 0 radical (unpaired) electrons. The SMILES string of the molecule is CN(C(=O)c1ccc(OC(F)F)cc1)[C@H]1CCCNC1. The zero-order valence-corrected chi connectivity index (χ0v) is 11.3. The number of piperidine rings is 1. The monoisotopic (exact) mass is 284 g/mol. The molecule has 1 aliphatic rings. The Balaban J connectivity index is 2.00. The van der Waals surface area contributed by atoms with Gasteiger partial charge in [-0.05, 0) is 43.7 Å². The molecule has 1 aromatic carbocycles. The second-order valence-corrected chi connectivity index (χ2v) is 4.82. The zero-order chi connectivity index (χ0) is 14.5. The van der Waals surface area contributed by atoms with Crippen molar-refractivity contribution in [3.05, 3.63) is 29.8 Å². The number of carbonyl (C=O) groups excluding carboxylic acids is 1. The Kier molecular flexibility index (Phi) is 4.89. The maximum Gasteiger partial charge on any atom is 0.387 e. The molecule has 0 spiro atoms. The molecule has 1 saturated heterocycles. The molecule has 6 heteroatoms. The van der Waals surface area contributed by atoms with Gasteiger partial charge in [0.15, 0.2) is 0 Å². The fraction of sp³-hybridized carbons (Fsp3) is 0.500. The van der Waals surface area contributed by atoms with Crippen molar-refractivity contribution in [2.24, 2.45) is 0 Å². The third-order valence-corrected chi connectivity index (χ3v) is 3.47. The molecule has 1 N–H and O–H groups in total. The van der Waals surface area contributed by atoms with Crippen molar-refractivity contribution in [3.8, 4) is 5.75 Å². The van der Waals surface area contributed by atoms with Crippen molar-refractivity contribution < 1.29 is 18.3 Å². The van der Waals surface area contributed by atoms with Crippen LogP contribution in [-0.2, 0) is 0 Å². The summed E-state index contributed by atoms with van der Waals surface area (Å²) in [5.41, 5.74) is 0.472. The highest BCUT2D eigenvalue weighted by Gasteiger charge is 2.22. The third kappa shape index (κ3) is 3.66. The van der Waals surface area contributed by atoms with Crippen molar-refractivity contribution in [1.82, 2.24) is 10.2 Å². The second-order valence-electron chi connectivity index (χ2n) is 4.82. The molecule has 1 fully saturated rings. The highest BCUT2D eigenvalue weighted by atomic mass is 19.3. The van der Waals surface area contributed by atoms with Crippen LogP contribution >= 0.6 is 0 Å². The molecule has 0 bridgehead atoms. The molecule has 1 amide bonds. The van der Waals surface area contributed by atoms with Crippen molar-refractivity contribution in [2.45, 2.75) is 25.5 Å². The maximum absolute atomic E-state index is 12.3. The number of rotatable bonds is 4. The van der Waals surface area contributed by atoms with E-state index in [1.165, 1.54) is 24.3 Å². The normalized spacial score (nSPS) is 18.9. The molecule has 0 aliphatic carbocycles. The van der Waals surface area contributed by atoms with Crippen LogP contribution in [0.3, 0.4) is 0 Å². The van der Waals surface area contributed by atoms with E-state index in [9.17, 15) is 13.6 Å². The van der Waals surface area contributed by atoms with E-state index in [1.807, 2.05) is 0 Å². The number of amides is 1. The predicted octanol–water partition coefficient (Wildman–Crippen LogP) is 2.11. The number of ether oxygens (including phenoxy) is 1. The minimum atomic E-state index is -2.85. The van der Waals surface area contributed by atoms with Crippen LogP contribution in [0.15, 0.2) is 24.3 Å². The highest BCUT2D eigenvalue weighted by molar-refractivity contribution is 5.94. The number of nitrogens with zero attached hydrogens (tertiary/aromatic N) is 1. The molecular weight excluding hydrogens is 266 g/mol. The van der Waals surface area contributed by atoms with Crippen molar-refractivity contribution in [3.63, 3.8) is 0 Å². The average Bonchev–Trinajstić information content (AvgIpc) is 2.47. The molecule has 0 unspecified atom stereocenters. The fourth-order valence-corrected chi connectivity index (χ4v) is 2.31. The van der Waals surface area contributed by atoms with Gasteiger partial charge in [0.1, 0.15) is 5.75 Å². The van der Waals surface area contributed by atoms with E-state index in [0.29, 0.717) is 5.56 Å². The van der Waals surface area contributed by atoms with Crippen LogP contribution in [0, 0.1) is 0 Å². The highest BCUT2D eigenvalue weighted by Crippen LogP contribution is 2.17. The lowest BCUT2D eigenvalue weighted by Crippen LogP contribution is -2.46. The molecule has 1 aromatic rings. The molecule has 1 heterocycles. The van der Waals surface area contributed by atoms with Gasteiger partial charge in [-0.2, -0.15) is 8.78 Å². The number of alkyl halides is 2. The first-order chi connectivity index (χ1) is 9.58. The van der Waals surface area contributed by atoms with Crippen LogP contribution in [0.4, 0.5) is 8.78 Å². The second kappa shape index (κ2) is 6.65. The third-order valence-electron chi connectivity index (χ3n) is 3.47. The van der Waals surface area contributed by atoms with Gasteiger partial charge < -0.3 is 15.0 Å². The quantitative estimate of drug-likeness (QED) is 0.920. The summed E-state index contributed by atoms with van der Waals surface area (Å²) >= 11 is 0. The van der Waals surface area contributed by atoms with Gasteiger partial charge >= 0.3 is 6.61 Å². The topological polar surface area (TPSA) is 41.6 Å². The fourth-order valence-electron chi connectivity index (χ4n) is 2.31. The molecule has 1 aliphatic heterocycles. The van der Waals surface area contributed by atoms with Crippen molar-refractivity contribution in [1.29, 1.82) is 0 Å². The summed E-state index contributed by atoms with van der Waals surface area (Å²) in [5.74, 6) is -0.0548. The van der Waals surface area contributed by atoms with Gasteiger partial charge in [-0.1, -0.05) is 0 Å². The summed E-state index contributed by atoms with van der Waals surface area (Å²) in [7, 11) is 1.77. The van der Waals surface area contributed by atoms with Gasteiger partial charge in [-0.25, -0.2) is 0 Å². The smallest absolute Gasteiger partial charge is 0.387 e. The Bertz CT molecular complexity index is 445. The Hall–Kier alpha value is -1.69. The number of benzene rings is 1. The van der Waals surface area contributed by atoms with Gasteiger partial charge in [0, 0.05) is 25.2 Å². The molecule has 4 nitrogen and oxygen atoms in total. The van der Waals surface area contributed by atoms with Gasteiger partial charge in [0.2, 0.25) is 0 Å². The number of likely N-dealkylation sites (N-methyl/N-ethyl adjacent to an activating group) is 1. The van der Waals surface area contributed by atoms with Crippen LogP contribution < -0.4 is 10.1 Å². The maximum atomic E-state index is 12.3. The summed E-state index contributed by atoms with van der Waals surface area (Å²) in [4.78, 5) is 14.0. The first-order valence-electron chi connectivity index (χ1n) is 6.60. The van der Waals surface area contributed by atoms with Crippen LogP contribution in [0.1, 0.15) is 23.2 Å². The molecule has 0 saturated carbocycles. The van der Waals surface area contributed by atoms with E-state index in [2.05, 4.69) is 10.1 Å². The minimum absolute atomic E-state index is 0.0542. The number of halogens is 2. The summed E-state index contributed by atoms with van der Waals surface area (Å²) in [6, 6.07) is 5.95. The molecule has 1 atom stereocenters. The molecule has 110 valence electrons. The van der Waals surface area contributed by atoms with Crippen LogP contribution in [0.5, 0.6) is 5.75 Å². The van der Waals surface area contributed by atoms with Crippen LogP contribution in [0.25, 0.3) is 0 Å². The number of nitrogens with one attached hydrogen (secondary N) is 1. The number of hydrogen-bond donors (Lipinski definition) is 1. The minimum Gasteiger partial charge on any atom is -0.435 e. The molecule has 20 heavy (non-hydrogen) atoms. The Morgan fingerprint density at radius 2 is 2.10 bits per heavy atom. The van der Waals surface area contributed by atoms with E-state index in [1.54, 1.807) is 11.9 Å². The Morgan fingerprint density at radius 1 is 1.40 bits per heavy atom. The molecular formula is C14H18F2N2O2. The van der Waals surface area contributed by atoms with Crippen LogP contribution in [0.2, 0.25) is 0 Å². The molecule has 0 aromatic heterocycles. The Labute approximate surface area is 116 Å². The predicted molar refractivity (Wildman–Crippen MR) is 71.1 cm³/mol. The molecule has 2 rings (SSSR count). The number of hydrogen-bond acceptors (Lipinski definition) is 3. The first-order valence-corrected chi connectivity index (χ1v) is 6.60. The van der Waals surface area contributed by atoms with E-state index in [-0.39, 0.29) is 17.7 Å². The van der Waals surface area contributed by atoms with E-state index in [4.69, 9.17) is 0 Å².